The lowest BCUT2D eigenvalue weighted by atomic mass is 9.95. The molecular weight excluding hydrogens is 246 g/mol. The van der Waals surface area contributed by atoms with Crippen LogP contribution in [0.5, 0.6) is 0 Å². The first kappa shape index (κ1) is 14.5. The van der Waals surface area contributed by atoms with Gasteiger partial charge in [0, 0.05) is 18.7 Å². The summed E-state index contributed by atoms with van der Waals surface area (Å²) in [5.74, 6) is 0.771. The molecule has 2 rings (SSSR count). The molecule has 0 amide bonds. The Bertz CT molecular complexity index is 346. The van der Waals surface area contributed by atoms with Gasteiger partial charge in [0.15, 0.2) is 0 Å². The summed E-state index contributed by atoms with van der Waals surface area (Å²) in [6, 6.07) is 3.67. The van der Waals surface area contributed by atoms with Crippen LogP contribution in [-0.4, -0.2) is 43.1 Å². The molecule has 2 atom stereocenters. The molecule has 1 aromatic heterocycles. The van der Waals surface area contributed by atoms with Gasteiger partial charge in [-0.15, -0.1) is 0 Å². The van der Waals surface area contributed by atoms with E-state index in [2.05, 4.69) is 12.2 Å². The molecule has 0 spiro atoms. The van der Waals surface area contributed by atoms with Gasteiger partial charge in [-0.05, 0) is 31.9 Å². The van der Waals surface area contributed by atoms with Crippen molar-refractivity contribution in [1.82, 2.24) is 5.32 Å². The second-order valence-electron chi connectivity index (χ2n) is 5.35. The monoisotopic (exact) mass is 269 g/mol. The molecule has 108 valence electrons. The molecule has 1 aromatic rings. The largest absolute Gasteiger partial charge is 0.467 e. The summed E-state index contributed by atoms with van der Waals surface area (Å²) in [5, 5.41) is 13.2. The SMILES string of the molecule is CC1(NCC(O)COCc2ccco2)CCCOC1. The highest BCUT2D eigenvalue weighted by Crippen LogP contribution is 2.17. The minimum absolute atomic E-state index is 0.0275. The second kappa shape index (κ2) is 7.05. The normalized spacial score (nSPS) is 25.4. The predicted octanol–water partition coefficient (Wildman–Crippen LogP) is 1.32. The van der Waals surface area contributed by atoms with E-state index in [1.165, 1.54) is 0 Å². The van der Waals surface area contributed by atoms with E-state index < -0.39 is 6.10 Å². The lowest BCUT2D eigenvalue weighted by Gasteiger charge is -2.35. The van der Waals surface area contributed by atoms with Crippen molar-refractivity contribution in [2.45, 2.75) is 38.0 Å². The number of aliphatic hydroxyl groups excluding tert-OH is 1. The van der Waals surface area contributed by atoms with Gasteiger partial charge < -0.3 is 24.3 Å². The molecule has 0 aromatic carbocycles. The molecule has 1 fully saturated rings. The third-order valence-corrected chi connectivity index (χ3v) is 3.34. The van der Waals surface area contributed by atoms with Crippen molar-refractivity contribution in [3.05, 3.63) is 24.2 Å². The van der Waals surface area contributed by atoms with Gasteiger partial charge >= 0.3 is 0 Å². The standard InChI is InChI=1S/C14H23NO4/c1-14(5-3-6-17-11-14)15-8-12(16)9-18-10-13-4-2-7-19-13/h2,4,7,12,15-16H,3,5-6,8-11H2,1H3. The van der Waals surface area contributed by atoms with E-state index in [0.29, 0.717) is 26.4 Å². The summed E-state index contributed by atoms with van der Waals surface area (Å²) in [7, 11) is 0. The van der Waals surface area contributed by atoms with Crippen LogP contribution in [0, 0.1) is 0 Å². The summed E-state index contributed by atoms with van der Waals surface area (Å²) >= 11 is 0. The Balaban J connectivity index is 1.60. The number of nitrogens with one attached hydrogen (secondary N) is 1. The van der Waals surface area contributed by atoms with Crippen molar-refractivity contribution in [2.75, 3.05) is 26.4 Å². The Morgan fingerprint density at radius 3 is 3.16 bits per heavy atom. The quantitative estimate of drug-likeness (QED) is 0.781. The maximum atomic E-state index is 9.86. The predicted molar refractivity (Wildman–Crippen MR) is 70.8 cm³/mol. The Labute approximate surface area is 113 Å². The van der Waals surface area contributed by atoms with Crippen molar-refractivity contribution >= 4 is 0 Å². The second-order valence-corrected chi connectivity index (χ2v) is 5.35. The van der Waals surface area contributed by atoms with E-state index in [4.69, 9.17) is 13.9 Å². The number of furan rings is 1. The van der Waals surface area contributed by atoms with Crippen LogP contribution in [0.4, 0.5) is 0 Å². The Kier molecular flexibility index (Phi) is 5.39. The maximum Gasteiger partial charge on any atom is 0.129 e. The molecule has 5 heteroatoms. The number of hydrogen-bond donors (Lipinski definition) is 2. The smallest absolute Gasteiger partial charge is 0.129 e. The van der Waals surface area contributed by atoms with Crippen molar-refractivity contribution in [3.63, 3.8) is 0 Å². The molecule has 0 bridgehead atoms. The first-order valence-electron chi connectivity index (χ1n) is 6.79. The zero-order chi connectivity index (χ0) is 13.6. The summed E-state index contributed by atoms with van der Waals surface area (Å²) in [6.07, 6.45) is 3.23. The first-order valence-corrected chi connectivity index (χ1v) is 6.79. The summed E-state index contributed by atoms with van der Waals surface area (Å²) in [6.45, 7) is 4.87. The van der Waals surface area contributed by atoms with E-state index in [0.717, 1.165) is 25.2 Å². The first-order chi connectivity index (χ1) is 9.18. The third-order valence-electron chi connectivity index (χ3n) is 3.34. The molecule has 5 nitrogen and oxygen atoms in total. The maximum absolute atomic E-state index is 9.86. The molecule has 0 aliphatic carbocycles. The molecule has 2 N–H and O–H groups in total. The Morgan fingerprint density at radius 2 is 2.47 bits per heavy atom. The zero-order valence-electron chi connectivity index (χ0n) is 11.4. The highest BCUT2D eigenvalue weighted by atomic mass is 16.5. The fraction of sp³-hybridized carbons (Fsp3) is 0.714. The highest BCUT2D eigenvalue weighted by Gasteiger charge is 2.27. The van der Waals surface area contributed by atoms with Crippen LogP contribution in [0.2, 0.25) is 0 Å². The third kappa shape index (κ3) is 4.95. The number of aliphatic hydroxyl groups is 1. The van der Waals surface area contributed by atoms with Gasteiger partial charge in [-0.3, -0.25) is 0 Å². The van der Waals surface area contributed by atoms with E-state index in [9.17, 15) is 5.11 Å². The average Bonchev–Trinajstić information content (AvgIpc) is 2.91. The summed E-state index contributed by atoms with van der Waals surface area (Å²) in [5.41, 5.74) is -0.0275. The molecule has 1 saturated heterocycles. The van der Waals surface area contributed by atoms with Gasteiger partial charge in [-0.1, -0.05) is 0 Å². The Morgan fingerprint density at radius 1 is 1.58 bits per heavy atom. The van der Waals surface area contributed by atoms with E-state index in [1.807, 2.05) is 12.1 Å². The van der Waals surface area contributed by atoms with Crippen LogP contribution in [0.3, 0.4) is 0 Å². The lowest BCUT2D eigenvalue weighted by molar-refractivity contribution is 0.000424. The molecule has 1 aliphatic rings. The molecular formula is C14H23NO4. The average molecular weight is 269 g/mol. The van der Waals surface area contributed by atoms with Crippen molar-refractivity contribution < 1.29 is 19.0 Å². The highest BCUT2D eigenvalue weighted by molar-refractivity contribution is 4.96. The van der Waals surface area contributed by atoms with Crippen molar-refractivity contribution in [1.29, 1.82) is 0 Å². The van der Waals surface area contributed by atoms with Crippen LogP contribution in [0.15, 0.2) is 22.8 Å². The minimum atomic E-state index is -0.520. The molecule has 0 radical (unpaired) electrons. The van der Waals surface area contributed by atoms with Gasteiger partial charge in [-0.2, -0.15) is 0 Å². The number of hydrogen-bond acceptors (Lipinski definition) is 5. The van der Waals surface area contributed by atoms with Gasteiger partial charge in [0.1, 0.15) is 12.4 Å². The lowest BCUT2D eigenvalue weighted by Crippen LogP contribution is -2.51. The van der Waals surface area contributed by atoms with Crippen LogP contribution >= 0.6 is 0 Å². The Hall–Kier alpha value is -0.880. The van der Waals surface area contributed by atoms with Gasteiger partial charge in [0.2, 0.25) is 0 Å². The summed E-state index contributed by atoms with van der Waals surface area (Å²) in [4.78, 5) is 0. The van der Waals surface area contributed by atoms with Gasteiger partial charge in [-0.25, -0.2) is 0 Å². The van der Waals surface area contributed by atoms with E-state index in [-0.39, 0.29) is 5.54 Å². The van der Waals surface area contributed by atoms with Gasteiger partial charge in [0.25, 0.3) is 0 Å². The molecule has 2 unspecified atom stereocenters. The van der Waals surface area contributed by atoms with Crippen LogP contribution in [0.1, 0.15) is 25.5 Å². The van der Waals surface area contributed by atoms with Crippen LogP contribution in [-0.2, 0) is 16.1 Å². The summed E-state index contributed by atoms with van der Waals surface area (Å²) < 4.78 is 16.0. The molecule has 19 heavy (non-hydrogen) atoms. The van der Waals surface area contributed by atoms with E-state index >= 15 is 0 Å². The number of β-amino-alcohol motifs (C(OH)–C–C–N with tert-alkyl or cyclic N) is 1. The molecule has 0 saturated carbocycles. The molecule has 1 aliphatic heterocycles. The van der Waals surface area contributed by atoms with E-state index in [1.54, 1.807) is 6.26 Å². The van der Waals surface area contributed by atoms with Crippen molar-refractivity contribution in [3.8, 4) is 0 Å². The topological polar surface area (TPSA) is 63.9 Å². The fourth-order valence-corrected chi connectivity index (χ4v) is 2.19. The number of ether oxygens (including phenoxy) is 2. The van der Waals surface area contributed by atoms with Crippen molar-refractivity contribution in [2.24, 2.45) is 0 Å². The minimum Gasteiger partial charge on any atom is -0.467 e. The number of rotatable bonds is 7. The fourth-order valence-electron chi connectivity index (χ4n) is 2.19. The van der Waals surface area contributed by atoms with Crippen LogP contribution in [0.25, 0.3) is 0 Å². The molecule has 2 heterocycles. The zero-order valence-corrected chi connectivity index (χ0v) is 11.4. The van der Waals surface area contributed by atoms with Gasteiger partial charge in [0.05, 0.1) is 25.6 Å². The van der Waals surface area contributed by atoms with Crippen LogP contribution < -0.4 is 5.32 Å².